The lowest BCUT2D eigenvalue weighted by Gasteiger charge is -2.31. The third-order valence-electron chi connectivity index (χ3n) is 3.60. The smallest absolute Gasteiger partial charge is 0.254 e. The van der Waals surface area contributed by atoms with E-state index in [2.05, 4.69) is 0 Å². The van der Waals surface area contributed by atoms with Crippen LogP contribution < -0.4 is 14.2 Å². The topological polar surface area (TPSA) is 57.2 Å². The van der Waals surface area contributed by atoms with Gasteiger partial charge >= 0.3 is 0 Å². The van der Waals surface area contributed by atoms with E-state index in [0.29, 0.717) is 55.7 Å². The van der Waals surface area contributed by atoms with Crippen molar-refractivity contribution in [1.82, 2.24) is 4.90 Å². The highest BCUT2D eigenvalue weighted by Gasteiger charge is 2.26. The van der Waals surface area contributed by atoms with E-state index in [1.807, 2.05) is 6.92 Å². The molecule has 0 spiro atoms. The maximum Gasteiger partial charge on any atom is 0.254 e. The molecule has 0 saturated carbocycles. The van der Waals surface area contributed by atoms with Crippen molar-refractivity contribution in [2.45, 2.75) is 13.0 Å². The Hall–Kier alpha value is -1.95. The van der Waals surface area contributed by atoms with Crippen molar-refractivity contribution in [1.29, 1.82) is 0 Å². The number of hydrogen-bond acceptors (Lipinski definition) is 5. The van der Waals surface area contributed by atoms with Crippen LogP contribution in [0.5, 0.6) is 17.2 Å². The first-order chi connectivity index (χ1) is 10.2. The molecule has 2 aliphatic heterocycles. The van der Waals surface area contributed by atoms with Crippen LogP contribution in [0.15, 0.2) is 12.1 Å². The molecule has 6 heteroatoms. The molecule has 0 aliphatic carbocycles. The summed E-state index contributed by atoms with van der Waals surface area (Å²) in [5.74, 6) is 1.61. The van der Waals surface area contributed by atoms with Gasteiger partial charge in [-0.15, -0.1) is 0 Å². The summed E-state index contributed by atoms with van der Waals surface area (Å²) in [6.07, 6.45) is 0.0572. The summed E-state index contributed by atoms with van der Waals surface area (Å²) < 4.78 is 21.9. The van der Waals surface area contributed by atoms with Gasteiger partial charge in [-0.25, -0.2) is 0 Å². The van der Waals surface area contributed by atoms with E-state index in [4.69, 9.17) is 18.9 Å². The van der Waals surface area contributed by atoms with Crippen LogP contribution >= 0.6 is 0 Å². The number of carbonyl (C=O) groups is 1. The summed E-state index contributed by atoms with van der Waals surface area (Å²) in [6.45, 7) is 4.67. The lowest BCUT2D eigenvalue weighted by Crippen LogP contribution is -2.44. The Bertz CT molecular complexity index is 528. The van der Waals surface area contributed by atoms with Crippen LogP contribution in [-0.2, 0) is 4.74 Å². The SMILES string of the molecule is COc1cc(C(=O)N2CCO[C@H](C)C2)cc2c1OCCO2. The summed E-state index contributed by atoms with van der Waals surface area (Å²) >= 11 is 0. The molecule has 6 nitrogen and oxygen atoms in total. The molecule has 2 heterocycles. The van der Waals surface area contributed by atoms with E-state index in [9.17, 15) is 4.79 Å². The summed E-state index contributed by atoms with van der Waals surface area (Å²) in [4.78, 5) is 14.4. The molecule has 0 unspecified atom stereocenters. The second kappa shape index (κ2) is 5.81. The first-order valence-electron chi connectivity index (χ1n) is 7.07. The molecule has 0 radical (unpaired) electrons. The fourth-order valence-corrected chi connectivity index (χ4v) is 2.58. The lowest BCUT2D eigenvalue weighted by atomic mass is 10.1. The van der Waals surface area contributed by atoms with Crippen molar-refractivity contribution in [2.24, 2.45) is 0 Å². The molecular weight excluding hydrogens is 274 g/mol. The van der Waals surface area contributed by atoms with Gasteiger partial charge in [0, 0.05) is 18.7 Å². The molecule has 3 rings (SSSR count). The number of morpholine rings is 1. The van der Waals surface area contributed by atoms with Gasteiger partial charge in [-0.05, 0) is 19.1 Å². The molecule has 114 valence electrons. The average Bonchev–Trinajstić information content (AvgIpc) is 2.53. The largest absolute Gasteiger partial charge is 0.493 e. The molecule has 0 aromatic heterocycles. The maximum absolute atomic E-state index is 12.6. The van der Waals surface area contributed by atoms with E-state index in [-0.39, 0.29) is 12.0 Å². The van der Waals surface area contributed by atoms with Crippen molar-refractivity contribution in [3.63, 3.8) is 0 Å². The Morgan fingerprint density at radius 2 is 2.10 bits per heavy atom. The van der Waals surface area contributed by atoms with Gasteiger partial charge in [0.1, 0.15) is 13.2 Å². The normalized spacial score (nSPS) is 21.0. The van der Waals surface area contributed by atoms with Crippen molar-refractivity contribution in [2.75, 3.05) is 40.0 Å². The average molecular weight is 293 g/mol. The van der Waals surface area contributed by atoms with Crippen LogP contribution in [-0.4, -0.2) is 56.9 Å². The first kappa shape index (κ1) is 14.0. The quantitative estimate of drug-likeness (QED) is 0.823. The number of fused-ring (bicyclic) bond motifs is 1. The van der Waals surface area contributed by atoms with E-state index >= 15 is 0 Å². The molecule has 21 heavy (non-hydrogen) atoms. The molecule has 1 atom stereocenters. The number of hydrogen-bond donors (Lipinski definition) is 0. The predicted octanol–water partition coefficient (Wildman–Crippen LogP) is 1.33. The molecule has 0 bridgehead atoms. The van der Waals surface area contributed by atoms with E-state index in [1.165, 1.54) is 0 Å². The second-order valence-corrected chi connectivity index (χ2v) is 5.14. The van der Waals surface area contributed by atoms with Crippen LogP contribution in [0.25, 0.3) is 0 Å². The Morgan fingerprint density at radius 1 is 1.29 bits per heavy atom. The molecule has 1 aromatic carbocycles. The summed E-state index contributed by atoms with van der Waals surface area (Å²) in [7, 11) is 1.55. The highest BCUT2D eigenvalue weighted by Crippen LogP contribution is 2.40. The molecular formula is C15H19NO5. The van der Waals surface area contributed by atoms with Gasteiger partial charge < -0.3 is 23.8 Å². The third-order valence-corrected chi connectivity index (χ3v) is 3.60. The van der Waals surface area contributed by atoms with Crippen LogP contribution in [0.2, 0.25) is 0 Å². The van der Waals surface area contributed by atoms with Gasteiger partial charge in [-0.2, -0.15) is 0 Å². The van der Waals surface area contributed by atoms with Crippen molar-refractivity contribution in [3.8, 4) is 17.2 Å². The van der Waals surface area contributed by atoms with Crippen LogP contribution in [0.1, 0.15) is 17.3 Å². The maximum atomic E-state index is 12.6. The Morgan fingerprint density at radius 3 is 2.86 bits per heavy atom. The molecule has 1 saturated heterocycles. The van der Waals surface area contributed by atoms with E-state index in [1.54, 1.807) is 24.1 Å². The first-order valence-corrected chi connectivity index (χ1v) is 7.07. The Labute approximate surface area is 123 Å². The number of ether oxygens (including phenoxy) is 4. The van der Waals surface area contributed by atoms with E-state index < -0.39 is 0 Å². The summed E-state index contributed by atoms with van der Waals surface area (Å²) in [5.41, 5.74) is 0.546. The highest BCUT2D eigenvalue weighted by molar-refractivity contribution is 5.95. The number of rotatable bonds is 2. The number of amides is 1. The number of benzene rings is 1. The van der Waals surface area contributed by atoms with Crippen molar-refractivity contribution >= 4 is 5.91 Å². The molecule has 2 aliphatic rings. The lowest BCUT2D eigenvalue weighted by molar-refractivity contribution is -0.0124. The predicted molar refractivity (Wildman–Crippen MR) is 75.3 cm³/mol. The minimum absolute atomic E-state index is 0.0413. The Kier molecular flexibility index (Phi) is 3.88. The molecule has 1 fully saturated rings. The monoisotopic (exact) mass is 293 g/mol. The van der Waals surface area contributed by atoms with Crippen LogP contribution in [0.4, 0.5) is 0 Å². The summed E-state index contributed by atoms with van der Waals surface area (Å²) in [5, 5.41) is 0. The van der Waals surface area contributed by atoms with Gasteiger partial charge in [0.15, 0.2) is 11.5 Å². The highest BCUT2D eigenvalue weighted by atomic mass is 16.6. The fourth-order valence-electron chi connectivity index (χ4n) is 2.58. The van der Waals surface area contributed by atoms with Gasteiger partial charge in [0.05, 0.1) is 19.8 Å². The zero-order valence-corrected chi connectivity index (χ0v) is 12.3. The zero-order valence-electron chi connectivity index (χ0n) is 12.3. The minimum Gasteiger partial charge on any atom is -0.493 e. The number of nitrogens with zero attached hydrogens (tertiary/aromatic N) is 1. The standard InChI is InChI=1S/C15H19NO5/c1-10-9-16(3-4-19-10)15(17)11-7-12(18-2)14-13(8-11)20-5-6-21-14/h7-8,10H,3-6,9H2,1-2H3/t10-/m1/s1. The van der Waals surface area contributed by atoms with Gasteiger partial charge in [-0.1, -0.05) is 0 Å². The molecule has 1 amide bonds. The van der Waals surface area contributed by atoms with E-state index in [0.717, 1.165) is 0 Å². The van der Waals surface area contributed by atoms with Gasteiger partial charge in [0.25, 0.3) is 5.91 Å². The third kappa shape index (κ3) is 2.76. The van der Waals surface area contributed by atoms with Crippen molar-refractivity contribution in [3.05, 3.63) is 17.7 Å². The Balaban J connectivity index is 1.89. The minimum atomic E-state index is -0.0413. The molecule has 0 N–H and O–H groups in total. The van der Waals surface area contributed by atoms with Crippen LogP contribution in [0.3, 0.4) is 0 Å². The number of carbonyl (C=O) groups excluding carboxylic acids is 1. The van der Waals surface area contributed by atoms with Gasteiger partial charge in [0.2, 0.25) is 5.75 Å². The molecule has 1 aromatic rings. The fraction of sp³-hybridized carbons (Fsp3) is 0.533. The summed E-state index contributed by atoms with van der Waals surface area (Å²) in [6, 6.07) is 3.43. The van der Waals surface area contributed by atoms with Gasteiger partial charge in [-0.3, -0.25) is 4.79 Å². The van der Waals surface area contributed by atoms with Crippen molar-refractivity contribution < 1.29 is 23.7 Å². The second-order valence-electron chi connectivity index (χ2n) is 5.14. The zero-order chi connectivity index (χ0) is 14.8. The number of methoxy groups -OCH3 is 1. The van der Waals surface area contributed by atoms with Crippen LogP contribution in [0, 0.1) is 0 Å².